The fourth-order valence-corrected chi connectivity index (χ4v) is 3.58. The summed E-state index contributed by atoms with van der Waals surface area (Å²) in [6, 6.07) is 12.1. The Morgan fingerprint density at radius 3 is 2.59 bits per heavy atom. The van der Waals surface area contributed by atoms with Crippen LogP contribution in [0.1, 0.15) is 39.2 Å². The second-order valence-corrected chi connectivity index (χ2v) is 6.67. The molecule has 0 saturated heterocycles. The van der Waals surface area contributed by atoms with Crippen molar-refractivity contribution in [2.75, 3.05) is 12.4 Å². The van der Waals surface area contributed by atoms with E-state index in [-0.39, 0.29) is 17.0 Å². The molecule has 2 heterocycles. The number of anilines is 1. The van der Waals surface area contributed by atoms with Crippen LogP contribution in [0, 0.1) is 0 Å². The van der Waals surface area contributed by atoms with Gasteiger partial charge in [0.2, 0.25) is 5.43 Å². The van der Waals surface area contributed by atoms with E-state index < -0.39 is 11.9 Å². The molecule has 136 valence electrons. The summed E-state index contributed by atoms with van der Waals surface area (Å²) in [5.74, 6) is -0.922. The Balaban J connectivity index is 1.69. The van der Waals surface area contributed by atoms with Crippen molar-refractivity contribution in [3.63, 3.8) is 0 Å². The van der Waals surface area contributed by atoms with Gasteiger partial charge in [0.05, 0.1) is 18.2 Å². The fourth-order valence-electron chi connectivity index (χ4n) is 3.58. The van der Waals surface area contributed by atoms with Crippen LogP contribution in [0.5, 0.6) is 0 Å². The smallest absolute Gasteiger partial charge is 0.337 e. The van der Waals surface area contributed by atoms with E-state index in [4.69, 9.17) is 0 Å². The van der Waals surface area contributed by atoms with E-state index in [2.05, 4.69) is 17.0 Å². The van der Waals surface area contributed by atoms with Crippen molar-refractivity contribution in [3.05, 3.63) is 75.6 Å². The summed E-state index contributed by atoms with van der Waals surface area (Å²) in [6.07, 6.45) is 2.49. The number of carbonyl (C=O) groups excluding carboxylic acids is 2. The molecule has 0 bridgehead atoms. The van der Waals surface area contributed by atoms with E-state index in [1.165, 1.54) is 7.11 Å². The van der Waals surface area contributed by atoms with Crippen molar-refractivity contribution in [3.8, 4) is 0 Å². The lowest BCUT2D eigenvalue weighted by Crippen LogP contribution is -2.23. The van der Waals surface area contributed by atoms with Gasteiger partial charge in [-0.05, 0) is 49.2 Å². The Hall–Kier alpha value is -3.41. The first-order chi connectivity index (χ1) is 13.0. The maximum absolute atomic E-state index is 12.8. The summed E-state index contributed by atoms with van der Waals surface area (Å²) in [5.41, 5.74) is 2.74. The summed E-state index contributed by atoms with van der Waals surface area (Å²) in [7, 11) is 1.31. The standard InChI is InChI=1S/C21H18N2O4/c1-12-10-14-4-3-5-16-18(14)23(12)11-17(19(16)24)20(25)22-15-8-6-13(7-9-15)21(26)27-2/h3-9,11-12H,10H2,1-2H3,(H,22,25). The lowest BCUT2D eigenvalue weighted by Gasteiger charge is -2.13. The monoisotopic (exact) mass is 362 g/mol. The van der Waals surface area contributed by atoms with Crippen molar-refractivity contribution in [1.29, 1.82) is 0 Å². The molecule has 1 unspecified atom stereocenters. The van der Waals surface area contributed by atoms with Crippen LogP contribution in [-0.4, -0.2) is 23.6 Å². The number of nitrogens with zero attached hydrogens (tertiary/aromatic N) is 1. The molecule has 6 nitrogen and oxygen atoms in total. The highest BCUT2D eigenvalue weighted by atomic mass is 16.5. The van der Waals surface area contributed by atoms with Gasteiger partial charge in [-0.2, -0.15) is 0 Å². The van der Waals surface area contributed by atoms with E-state index >= 15 is 0 Å². The fraction of sp³-hybridized carbons (Fsp3) is 0.190. The highest BCUT2D eigenvalue weighted by molar-refractivity contribution is 6.06. The third-order valence-electron chi connectivity index (χ3n) is 4.93. The maximum atomic E-state index is 12.8. The zero-order valence-corrected chi connectivity index (χ0v) is 15.0. The number of aromatic nitrogens is 1. The van der Waals surface area contributed by atoms with Crippen LogP contribution in [0.3, 0.4) is 0 Å². The van der Waals surface area contributed by atoms with Gasteiger partial charge >= 0.3 is 5.97 Å². The minimum Gasteiger partial charge on any atom is -0.465 e. The summed E-state index contributed by atoms with van der Waals surface area (Å²) in [4.78, 5) is 37.1. The molecule has 0 saturated carbocycles. The van der Waals surface area contributed by atoms with Crippen molar-refractivity contribution < 1.29 is 14.3 Å². The predicted molar refractivity (Wildman–Crippen MR) is 102 cm³/mol. The number of para-hydroxylation sites is 1. The number of pyridine rings is 1. The Bertz CT molecular complexity index is 1130. The molecule has 1 amide bonds. The van der Waals surface area contributed by atoms with Gasteiger partial charge in [0.25, 0.3) is 5.91 Å². The molecular formula is C21H18N2O4. The molecule has 1 atom stereocenters. The SMILES string of the molecule is COC(=O)c1ccc(NC(=O)c2cn3c4c(cccc4c2=O)CC3C)cc1. The van der Waals surface area contributed by atoms with Gasteiger partial charge < -0.3 is 14.6 Å². The van der Waals surface area contributed by atoms with Gasteiger partial charge in [-0.15, -0.1) is 0 Å². The Morgan fingerprint density at radius 1 is 1.15 bits per heavy atom. The Morgan fingerprint density at radius 2 is 1.89 bits per heavy atom. The molecule has 1 aliphatic rings. The van der Waals surface area contributed by atoms with E-state index in [9.17, 15) is 14.4 Å². The minimum atomic E-state index is -0.471. The number of ether oxygens (including phenoxy) is 1. The molecule has 6 heteroatoms. The second-order valence-electron chi connectivity index (χ2n) is 6.67. The van der Waals surface area contributed by atoms with Crippen molar-refractivity contribution in [1.82, 2.24) is 4.57 Å². The number of nitrogens with one attached hydrogen (secondary N) is 1. The first kappa shape index (κ1) is 17.0. The summed E-state index contributed by atoms with van der Waals surface area (Å²) in [5, 5.41) is 3.29. The number of hydrogen-bond acceptors (Lipinski definition) is 4. The lowest BCUT2D eigenvalue weighted by molar-refractivity contribution is 0.0600. The number of amides is 1. The third-order valence-corrected chi connectivity index (χ3v) is 4.93. The van der Waals surface area contributed by atoms with Crippen LogP contribution < -0.4 is 10.7 Å². The highest BCUT2D eigenvalue weighted by Crippen LogP contribution is 2.31. The number of methoxy groups -OCH3 is 1. The van der Waals surface area contributed by atoms with Crippen LogP contribution in [0.25, 0.3) is 10.9 Å². The molecule has 27 heavy (non-hydrogen) atoms. The van der Waals surface area contributed by atoms with Crippen LogP contribution in [0.4, 0.5) is 5.69 Å². The molecular weight excluding hydrogens is 344 g/mol. The quantitative estimate of drug-likeness (QED) is 0.726. The zero-order valence-electron chi connectivity index (χ0n) is 15.0. The van der Waals surface area contributed by atoms with Gasteiger partial charge in [0.1, 0.15) is 5.56 Å². The average Bonchev–Trinajstić information content (AvgIpc) is 3.00. The summed E-state index contributed by atoms with van der Waals surface area (Å²) < 4.78 is 6.65. The van der Waals surface area contributed by atoms with Gasteiger partial charge in [-0.3, -0.25) is 9.59 Å². The third kappa shape index (κ3) is 2.79. The van der Waals surface area contributed by atoms with Gasteiger partial charge in [0.15, 0.2) is 0 Å². The second kappa shape index (κ2) is 6.39. The molecule has 0 fully saturated rings. The highest BCUT2D eigenvalue weighted by Gasteiger charge is 2.24. The van der Waals surface area contributed by atoms with E-state index in [0.29, 0.717) is 16.6 Å². The number of hydrogen-bond donors (Lipinski definition) is 1. The lowest BCUT2D eigenvalue weighted by atomic mass is 10.1. The number of benzene rings is 2. The minimum absolute atomic E-state index is 0.102. The first-order valence-corrected chi connectivity index (χ1v) is 8.66. The molecule has 3 aromatic rings. The van der Waals surface area contributed by atoms with E-state index in [1.807, 2.05) is 16.7 Å². The molecule has 2 aromatic carbocycles. The van der Waals surface area contributed by atoms with Crippen LogP contribution >= 0.6 is 0 Å². The predicted octanol–water partition coefficient (Wildman–Crippen LogP) is 3.16. The average molecular weight is 362 g/mol. The maximum Gasteiger partial charge on any atom is 0.337 e. The zero-order chi connectivity index (χ0) is 19.1. The van der Waals surface area contributed by atoms with Crippen molar-refractivity contribution in [2.24, 2.45) is 0 Å². The molecule has 1 aromatic heterocycles. The van der Waals surface area contributed by atoms with Gasteiger partial charge in [-0.25, -0.2) is 4.79 Å². The number of esters is 1. The van der Waals surface area contributed by atoms with Gasteiger partial charge in [0, 0.05) is 23.3 Å². The van der Waals surface area contributed by atoms with E-state index in [1.54, 1.807) is 36.5 Å². The van der Waals surface area contributed by atoms with Crippen LogP contribution in [0.2, 0.25) is 0 Å². The molecule has 0 aliphatic carbocycles. The van der Waals surface area contributed by atoms with E-state index in [0.717, 1.165) is 17.5 Å². The topological polar surface area (TPSA) is 77.4 Å². The number of rotatable bonds is 3. The Labute approximate surface area is 155 Å². The van der Waals surface area contributed by atoms with Crippen molar-refractivity contribution >= 4 is 28.5 Å². The largest absolute Gasteiger partial charge is 0.465 e. The number of carbonyl (C=O) groups is 2. The normalized spacial score (nSPS) is 15.0. The first-order valence-electron chi connectivity index (χ1n) is 8.66. The summed E-state index contributed by atoms with van der Waals surface area (Å²) >= 11 is 0. The molecule has 1 N–H and O–H groups in total. The van der Waals surface area contributed by atoms with Crippen molar-refractivity contribution in [2.45, 2.75) is 19.4 Å². The van der Waals surface area contributed by atoms with Crippen LogP contribution in [0.15, 0.2) is 53.5 Å². The van der Waals surface area contributed by atoms with Crippen LogP contribution in [-0.2, 0) is 11.2 Å². The Kier molecular flexibility index (Phi) is 4.03. The van der Waals surface area contributed by atoms with Gasteiger partial charge in [-0.1, -0.05) is 12.1 Å². The molecule has 0 spiro atoms. The summed E-state index contributed by atoms with van der Waals surface area (Å²) in [6.45, 7) is 2.07. The molecule has 0 radical (unpaired) electrons. The molecule has 4 rings (SSSR count). The molecule has 1 aliphatic heterocycles.